The summed E-state index contributed by atoms with van der Waals surface area (Å²) in [6, 6.07) is 19.0. The average molecular weight is 557 g/mol. The Balaban J connectivity index is 1.24. The molecule has 1 aromatic heterocycles. The third kappa shape index (κ3) is 5.98. The van der Waals surface area contributed by atoms with Crippen LogP contribution in [0.15, 0.2) is 72.9 Å². The van der Waals surface area contributed by atoms with Crippen LogP contribution in [0.4, 0.5) is 16.2 Å². The smallest absolute Gasteiger partial charge is 0.404 e. The number of anilines is 2. The van der Waals surface area contributed by atoms with E-state index in [1.807, 2.05) is 0 Å². The minimum Gasteiger partial charge on any atom is -0.493 e. The van der Waals surface area contributed by atoms with Crippen LogP contribution in [0.1, 0.15) is 18.4 Å². The number of methoxy groups -OCH3 is 2. The molecule has 1 aliphatic rings. The summed E-state index contributed by atoms with van der Waals surface area (Å²) in [5.41, 5.74) is 1.20. The van der Waals surface area contributed by atoms with Gasteiger partial charge in [0.25, 0.3) is 0 Å². The molecule has 5 rings (SSSR count). The average Bonchev–Trinajstić information content (AvgIpc) is 3.79. The zero-order valence-corrected chi connectivity index (χ0v) is 22.4. The van der Waals surface area contributed by atoms with Crippen LogP contribution in [-0.2, 0) is 16.1 Å². The van der Waals surface area contributed by atoms with Gasteiger partial charge in [-0.2, -0.15) is 0 Å². The number of rotatable bonds is 10. The van der Waals surface area contributed by atoms with E-state index in [1.54, 1.807) is 87.1 Å². The molecule has 41 heavy (non-hydrogen) atoms. The highest BCUT2D eigenvalue weighted by molar-refractivity contribution is 6.16. The number of carboxylic acid groups (broad SMARTS) is 1. The number of ether oxygens (including phenoxy) is 3. The van der Waals surface area contributed by atoms with Gasteiger partial charge < -0.3 is 35.3 Å². The second-order valence-corrected chi connectivity index (χ2v) is 9.51. The molecule has 4 aromatic rings. The molecule has 11 nitrogen and oxygen atoms in total. The molecule has 210 valence electrons. The van der Waals surface area contributed by atoms with Crippen LogP contribution in [0, 0.1) is 5.41 Å². The molecular weight excluding hydrogens is 528 g/mol. The number of aromatic nitrogens is 1. The number of benzene rings is 3. The van der Waals surface area contributed by atoms with Gasteiger partial charge in [0, 0.05) is 35.6 Å². The van der Waals surface area contributed by atoms with E-state index in [2.05, 4.69) is 20.9 Å². The summed E-state index contributed by atoms with van der Waals surface area (Å²) in [4.78, 5) is 41.3. The first-order valence-corrected chi connectivity index (χ1v) is 12.8. The predicted molar refractivity (Wildman–Crippen MR) is 152 cm³/mol. The zero-order chi connectivity index (χ0) is 29.0. The lowest BCUT2D eigenvalue weighted by Crippen LogP contribution is -2.35. The molecular formula is C30H28N4O7. The maximum Gasteiger partial charge on any atom is 0.404 e. The van der Waals surface area contributed by atoms with Crippen LogP contribution in [0.2, 0.25) is 0 Å². The number of carbonyl (C=O) groups is 3. The lowest BCUT2D eigenvalue weighted by atomic mass is 10.0. The fourth-order valence-electron chi connectivity index (χ4n) is 4.39. The lowest BCUT2D eigenvalue weighted by molar-refractivity contribution is -0.131. The molecule has 0 bridgehead atoms. The maximum absolute atomic E-state index is 13.1. The topological polar surface area (TPSA) is 148 Å². The Hall–Kier alpha value is -5.32. The number of nitrogens with zero attached hydrogens (tertiary/aromatic N) is 1. The van der Waals surface area contributed by atoms with Crippen LogP contribution in [0.5, 0.6) is 23.0 Å². The molecule has 0 spiro atoms. The fraction of sp³-hybridized carbons (Fsp3) is 0.200. The third-order valence-corrected chi connectivity index (χ3v) is 6.79. The summed E-state index contributed by atoms with van der Waals surface area (Å²) in [7, 11) is 3.12. The van der Waals surface area contributed by atoms with Gasteiger partial charge in [-0.25, -0.2) is 4.79 Å². The SMILES string of the molecule is COc1cc2nccc(Oc3ccc(NC(=O)C4(C(=O)Nc5cccc(CNC(=O)O)c5)CC4)cc3)c2cc1OC. The second-order valence-electron chi connectivity index (χ2n) is 9.51. The van der Waals surface area contributed by atoms with Crippen LogP contribution in [-0.4, -0.2) is 42.2 Å². The van der Waals surface area contributed by atoms with Gasteiger partial charge in [0.2, 0.25) is 11.8 Å². The Morgan fingerprint density at radius 2 is 1.54 bits per heavy atom. The molecule has 1 heterocycles. The van der Waals surface area contributed by atoms with Crippen molar-refractivity contribution in [1.82, 2.24) is 10.3 Å². The molecule has 4 N–H and O–H groups in total. The van der Waals surface area contributed by atoms with E-state index >= 15 is 0 Å². The molecule has 3 aromatic carbocycles. The number of carbonyl (C=O) groups excluding carboxylic acids is 2. The van der Waals surface area contributed by atoms with Gasteiger partial charge in [-0.3, -0.25) is 14.6 Å². The largest absolute Gasteiger partial charge is 0.493 e. The van der Waals surface area contributed by atoms with E-state index in [0.717, 1.165) is 5.39 Å². The summed E-state index contributed by atoms with van der Waals surface area (Å²) in [6.07, 6.45) is 1.35. The van der Waals surface area contributed by atoms with E-state index < -0.39 is 23.3 Å². The van der Waals surface area contributed by atoms with Crippen molar-refractivity contribution in [2.45, 2.75) is 19.4 Å². The van der Waals surface area contributed by atoms with Gasteiger partial charge in [0.1, 0.15) is 16.9 Å². The minimum absolute atomic E-state index is 0.102. The molecule has 3 amide bonds. The van der Waals surface area contributed by atoms with Gasteiger partial charge in [0.05, 0.1) is 19.7 Å². The van der Waals surface area contributed by atoms with E-state index in [9.17, 15) is 14.4 Å². The number of amides is 3. The number of pyridine rings is 1. The van der Waals surface area contributed by atoms with Crippen molar-refractivity contribution in [3.8, 4) is 23.0 Å². The quantitative estimate of drug-likeness (QED) is 0.196. The summed E-state index contributed by atoms with van der Waals surface area (Å²) < 4.78 is 16.9. The summed E-state index contributed by atoms with van der Waals surface area (Å²) >= 11 is 0. The van der Waals surface area contributed by atoms with Crippen LogP contribution in [0.25, 0.3) is 10.9 Å². The lowest BCUT2D eigenvalue weighted by Gasteiger charge is -2.16. The third-order valence-electron chi connectivity index (χ3n) is 6.79. The van der Waals surface area contributed by atoms with Crippen LogP contribution >= 0.6 is 0 Å². The molecule has 0 unspecified atom stereocenters. The van der Waals surface area contributed by atoms with E-state index in [-0.39, 0.29) is 6.54 Å². The monoisotopic (exact) mass is 556 g/mol. The number of nitrogens with one attached hydrogen (secondary N) is 3. The number of fused-ring (bicyclic) bond motifs is 1. The first-order valence-electron chi connectivity index (χ1n) is 12.8. The van der Waals surface area contributed by atoms with Crippen molar-refractivity contribution in [3.05, 3.63) is 78.5 Å². The molecule has 0 saturated heterocycles. The zero-order valence-electron chi connectivity index (χ0n) is 22.4. The number of hydrogen-bond donors (Lipinski definition) is 4. The van der Waals surface area contributed by atoms with Crippen molar-refractivity contribution < 1.29 is 33.7 Å². The van der Waals surface area contributed by atoms with E-state index in [0.29, 0.717) is 58.3 Å². The normalized spacial score (nSPS) is 13.1. The summed E-state index contributed by atoms with van der Waals surface area (Å²) in [6.45, 7) is 0.102. The van der Waals surface area contributed by atoms with E-state index in [4.69, 9.17) is 19.3 Å². The van der Waals surface area contributed by atoms with Crippen molar-refractivity contribution in [1.29, 1.82) is 0 Å². The molecule has 11 heteroatoms. The maximum atomic E-state index is 13.1. The molecule has 1 saturated carbocycles. The van der Waals surface area contributed by atoms with Gasteiger partial charge in [-0.15, -0.1) is 0 Å². The summed E-state index contributed by atoms with van der Waals surface area (Å²) in [5, 5.41) is 17.4. The van der Waals surface area contributed by atoms with E-state index in [1.165, 1.54) is 0 Å². The van der Waals surface area contributed by atoms with Crippen molar-refractivity contribution in [2.75, 3.05) is 24.9 Å². The Morgan fingerprint density at radius 1 is 0.854 bits per heavy atom. The van der Waals surface area contributed by atoms with Gasteiger partial charge >= 0.3 is 6.09 Å². The van der Waals surface area contributed by atoms with Crippen LogP contribution in [0.3, 0.4) is 0 Å². The van der Waals surface area contributed by atoms with Gasteiger partial charge in [-0.05, 0) is 66.9 Å². The molecule has 1 aliphatic carbocycles. The second kappa shape index (κ2) is 11.4. The Labute approximate surface area is 235 Å². The highest BCUT2D eigenvalue weighted by Gasteiger charge is 2.56. The highest BCUT2D eigenvalue weighted by atomic mass is 16.5. The Morgan fingerprint density at radius 3 is 2.20 bits per heavy atom. The summed E-state index contributed by atoms with van der Waals surface area (Å²) in [5.74, 6) is 1.43. The Kier molecular flexibility index (Phi) is 7.59. The fourth-order valence-corrected chi connectivity index (χ4v) is 4.39. The van der Waals surface area contributed by atoms with Crippen molar-refractivity contribution in [3.63, 3.8) is 0 Å². The van der Waals surface area contributed by atoms with Crippen molar-refractivity contribution in [2.24, 2.45) is 5.41 Å². The highest BCUT2D eigenvalue weighted by Crippen LogP contribution is 2.47. The first-order chi connectivity index (χ1) is 19.8. The first kappa shape index (κ1) is 27.3. The molecule has 0 aliphatic heterocycles. The van der Waals surface area contributed by atoms with Gasteiger partial charge in [-0.1, -0.05) is 12.1 Å². The molecule has 1 fully saturated rings. The Bertz CT molecular complexity index is 1620. The predicted octanol–water partition coefficient (Wildman–Crippen LogP) is 5.17. The standard InChI is InChI=1S/C30H28N4O7/c1-39-25-15-22-23(16-26(25)40-2)31-13-10-24(22)41-21-8-6-19(7-9-21)33-27(35)30(11-12-30)28(36)34-20-5-3-4-18(14-20)17-32-29(37)38/h3-10,13-16,32H,11-12,17H2,1-2H3,(H,33,35)(H,34,36)(H,37,38). The minimum atomic E-state index is -1.17. The molecule has 0 radical (unpaired) electrons. The van der Waals surface area contributed by atoms with Crippen molar-refractivity contribution >= 4 is 40.2 Å². The van der Waals surface area contributed by atoms with Crippen LogP contribution < -0.4 is 30.2 Å². The molecule has 0 atom stereocenters. The van der Waals surface area contributed by atoms with Gasteiger partial charge in [0.15, 0.2) is 11.5 Å². The number of hydrogen-bond acceptors (Lipinski definition) is 7.